The highest BCUT2D eigenvalue weighted by Crippen LogP contribution is 2.41. The van der Waals surface area contributed by atoms with Crippen LogP contribution >= 0.6 is 11.6 Å². The van der Waals surface area contributed by atoms with Crippen molar-refractivity contribution in [2.24, 2.45) is 0 Å². The maximum Gasteiger partial charge on any atom is 0.188 e. The van der Waals surface area contributed by atoms with Crippen molar-refractivity contribution in [3.63, 3.8) is 0 Å². The van der Waals surface area contributed by atoms with Crippen LogP contribution < -0.4 is 10.1 Å². The Kier molecular flexibility index (Phi) is 5.36. The molecule has 0 bridgehead atoms. The van der Waals surface area contributed by atoms with Crippen LogP contribution in [0.2, 0.25) is 5.02 Å². The molecule has 1 aliphatic carbocycles. The lowest BCUT2D eigenvalue weighted by Crippen LogP contribution is -2.50. The molecule has 0 unspecified atom stereocenters. The summed E-state index contributed by atoms with van der Waals surface area (Å²) in [6.45, 7) is 9.29. The number of rotatable bonds is 4. The van der Waals surface area contributed by atoms with Gasteiger partial charge in [-0.25, -0.2) is 4.85 Å². The fourth-order valence-electron chi connectivity index (χ4n) is 4.33. The Bertz CT molecular complexity index is 863. The van der Waals surface area contributed by atoms with E-state index in [0.717, 1.165) is 19.5 Å². The smallest absolute Gasteiger partial charge is 0.188 e. The summed E-state index contributed by atoms with van der Waals surface area (Å²) in [5.41, 5.74) is 3.14. The third kappa shape index (κ3) is 3.68. The second kappa shape index (κ2) is 7.90. The predicted molar refractivity (Wildman–Crippen MR) is 109 cm³/mol. The lowest BCUT2D eigenvalue weighted by Gasteiger charge is -2.39. The first-order valence-electron chi connectivity index (χ1n) is 9.52. The van der Waals surface area contributed by atoms with Gasteiger partial charge in [-0.1, -0.05) is 41.9 Å². The number of nitrogens with zero attached hydrogens (tertiary/aromatic N) is 2. The molecule has 4 nitrogen and oxygen atoms in total. The molecule has 0 saturated carbocycles. The van der Waals surface area contributed by atoms with Crippen molar-refractivity contribution in [3.8, 4) is 5.75 Å². The largest absolute Gasteiger partial charge is 0.483 e. The van der Waals surface area contributed by atoms with E-state index in [4.69, 9.17) is 22.9 Å². The maximum atomic E-state index is 7.15. The Hall–Kier alpha value is -2.06. The number of likely N-dealkylation sites (tertiary alicyclic amines) is 1. The molecule has 2 aromatic rings. The van der Waals surface area contributed by atoms with Gasteiger partial charge in [-0.2, -0.15) is 0 Å². The number of piperidine rings is 1. The van der Waals surface area contributed by atoms with E-state index in [1.807, 2.05) is 13.1 Å². The molecule has 140 valence electrons. The summed E-state index contributed by atoms with van der Waals surface area (Å²) in [5.74, 6) is 0.651. The highest BCUT2D eigenvalue weighted by atomic mass is 35.5. The van der Waals surface area contributed by atoms with Crippen molar-refractivity contribution in [1.29, 1.82) is 0 Å². The third-order valence-corrected chi connectivity index (χ3v) is 6.06. The number of halogens is 1. The molecule has 4 rings (SSSR count). The monoisotopic (exact) mass is 381 g/mol. The zero-order valence-corrected chi connectivity index (χ0v) is 16.2. The van der Waals surface area contributed by atoms with Gasteiger partial charge in [-0.15, -0.1) is 0 Å². The quantitative estimate of drug-likeness (QED) is 0.783. The first-order chi connectivity index (χ1) is 13.2. The number of ether oxygens (including phenoxy) is 1. The van der Waals surface area contributed by atoms with Crippen LogP contribution in [0.3, 0.4) is 0 Å². The number of benzene rings is 2. The maximum absolute atomic E-state index is 7.15. The van der Waals surface area contributed by atoms with E-state index in [-0.39, 0.29) is 6.10 Å². The van der Waals surface area contributed by atoms with E-state index in [2.05, 4.69) is 39.3 Å². The molecule has 2 aliphatic rings. The molecule has 0 radical (unpaired) electrons. The van der Waals surface area contributed by atoms with Gasteiger partial charge in [0.05, 0.1) is 17.6 Å². The van der Waals surface area contributed by atoms with E-state index in [1.54, 1.807) is 12.1 Å². The number of hydrogen-bond acceptors (Lipinski definition) is 3. The Morgan fingerprint density at radius 2 is 2.11 bits per heavy atom. The van der Waals surface area contributed by atoms with Crippen LogP contribution in [-0.4, -0.2) is 37.1 Å². The first-order valence-corrected chi connectivity index (χ1v) is 9.90. The zero-order valence-electron chi connectivity index (χ0n) is 15.5. The van der Waals surface area contributed by atoms with Crippen LogP contribution in [0.5, 0.6) is 5.75 Å². The van der Waals surface area contributed by atoms with Crippen LogP contribution in [0.4, 0.5) is 5.69 Å². The molecule has 1 aliphatic heterocycles. The summed E-state index contributed by atoms with van der Waals surface area (Å²) in [6, 6.07) is 14.6. The molecule has 5 heteroatoms. The van der Waals surface area contributed by atoms with E-state index in [0.29, 0.717) is 28.5 Å². The van der Waals surface area contributed by atoms with Gasteiger partial charge in [-0.3, -0.25) is 4.90 Å². The van der Waals surface area contributed by atoms with Crippen LogP contribution in [0, 0.1) is 6.57 Å². The molecule has 0 amide bonds. The molecule has 3 atom stereocenters. The summed E-state index contributed by atoms with van der Waals surface area (Å²) in [4.78, 5) is 6.01. The number of fused-ring (bicyclic) bond motifs is 1. The van der Waals surface area contributed by atoms with Crippen molar-refractivity contribution >= 4 is 17.3 Å². The second-order valence-electron chi connectivity index (χ2n) is 7.36. The molecular weight excluding hydrogens is 358 g/mol. The van der Waals surface area contributed by atoms with Crippen LogP contribution in [0.1, 0.15) is 30.1 Å². The second-order valence-corrected chi connectivity index (χ2v) is 7.77. The molecule has 0 spiro atoms. The Labute approximate surface area is 165 Å². The van der Waals surface area contributed by atoms with Gasteiger partial charge in [0.2, 0.25) is 0 Å². The zero-order chi connectivity index (χ0) is 18.8. The topological polar surface area (TPSA) is 28.9 Å². The van der Waals surface area contributed by atoms with Crippen LogP contribution in [-0.2, 0) is 6.42 Å². The Morgan fingerprint density at radius 1 is 1.26 bits per heavy atom. The lowest BCUT2D eigenvalue weighted by atomic mass is 10.0. The normalized spacial score (nSPS) is 25.0. The molecule has 1 saturated heterocycles. The van der Waals surface area contributed by atoms with Gasteiger partial charge < -0.3 is 10.1 Å². The SMILES string of the molecule is [C-]#[N+]c1ccc(O[C@@H]2c3ccccc3C[C@H]2N2CCC[C@@H](NC)C2)c(Cl)c1. The Morgan fingerprint density at radius 3 is 2.89 bits per heavy atom. The molecule has 1 N–H and O–H groups in total. The fraction of sp³-hybridized carbons (Fsp3) is 0.409. The van der Waals surface area contributed by atoms with Crippen molar-refractivity contribution in [2.45, 2.75) is 37.5 Å². The summed E-state index contributed by atoms with van der Waals surface area (Å²) in [5, 5.41) is 3.93. The van der Waals surface area contributed by atoms with Gasteiger partial charge in [0.1, 0.15) is 11.9 Å². The van der Waals surface area contributed by atoms with E-state index in [1.165, 1.54) is 24.0 Å². The minimum atomic E-state index is -0.0481. The first kappa shape index (κ1) is 18.3. The highest BCUT2D eigenvalue weighted by Gasteiger charge is 2.39. The van der Waals surface area contributed by atoms with Gasteiger partial charge in [0, 0.05) is 12.6 Å². The van der Waals surface area contributed by atoms with Gasteiger partial charge in [-0.05, 0) is 56.1 Å². The fourth-order valence-corrected chi connectivity index (χ4v) is 4.55. The lowest BCUT2D eigenvalue weighted by molar-refractivity contribution is 0.0557. The van der Waals surface area contributed by atoms with E-state index < -0.39 is 0 Å². The van der Waals surface area contributed by atoms with Gasteiger partial charge in [0.25, 0.3) is 0 Å². The highest BCUT2D eigenvalue weighted by molar-refractivity contribution is 6.32. The van der Waals surface area contributed by atoms with Gasteiger partial charge in [0.15, 0.2) is 5.69 Å². The summed E-state index contributed by atoms with van der Waals surface area (Å²) < 4.78 is 6.47. The molecule has 1 fully saturated rings. The number of hydrogen-bond donors (Lipinski definition) is 1. The molecule has 0 aromatic heterocycles. The van der Waals surface area contributed by atoms with E-state index in [9.17, 15) is 0 Å². The average molecular weight is 382 g/mol. The Balaban J connectivity index is 1.63. The molecule has 2 aromatic carbocycles. The average Bonchev–Trinajstić information content (AvgIpc) is 3.08. The van der Waals surface area contributed by atoms with Crippen LogP contribution in [0.15, 0.2) is 42.5 Å². The summed E-state index contributed by atoms with van der Waals surface area (Å²) in [6.07, 6.45) is 3.37. The predicted octanol–water partition coefficient (Wildman–Crippen LogP) is 4.62. The molecule has 27 heavy (non-hydrogen) atoms. The van der Waals surface area contributed by atoms with Crippen molar-refractivity contribution in [2.75, 3.05) is 20.1 Å². The van der Waals surface area contributed by atoms with Crippen molar-refractivity contribution < 1.29 is 4.74 Å². The van der Waals surface area contributed by atoms with E-state index >= 15 is 0 Å². The van der Waals surface area contributed by atoms with Gasteiger partial charge >= 0.3 is 0 Å². The van der Waals surface area contributed by atoms with Crippen LogP contribution in [0.25, 0.3) is 4.85 Å². The number of likely N-dealkylation sites (N-methyl/N-ethyl adjacent to an activating group) is 1. The van der Waals surface area contributed by atoms with Crippen molar-refractivity contribution in [3.05, 3.63) is 70.0 Å². The third-order valence-electron chi connectivity index (χ3n) is 5.77. The summed E-state index contributed by atoms with van der Waals surface area (Å²) >= 11 is 6.40. The molecular formula is C22H24ClN3O. The molecule has 1 heterocycles. The number of nitrogens with one attached hydrogen (secondary N) is 1. The standard InChI is InChI=1S/C22H24ClN3O/c1-24-16-9-10-21(19(23)13-16)27-22-18-8-4-3-6-15(18)12-20(22)26-11-5-7-17(14-26)25-2/h3-4,6,8-10,13,17,20,22,25H,5,7,11-12,14H2,2H3/t17-,20-,22-/m1/s1. The minimum absolute atomic E-state index is 0.0481. The minimum Gasteiger partial charge on any atom is -0.483 e. The van der Waals surface area contributed by atoms with Crippen molar-refractivity contribution in [1.82, 2.24) is 10.2 Å². The summed E-state index contributed by atoms with van der Waals surface area (Å²) in [7, 11) is 2.05.